The van der Waals surface area contributed by atoms with Crippen LogP contribution in [0.1, 0.15) is 31.1 Å². The second-order valence-electron chi connectivity index (χ2n) is 8.19. The van der Waals surface area contributed by atoms with Gasteiger partial charge in [0.15, 0.2) is 12.4 Å². The summed E-state index contributed by atoms with van der Waals surface area (Å²) in [4.78, 5) is 57.8. The number of hydrogen-bond donors (Lipinski definition) is 1. The van der Waals surface area contributed by atoms with Crippen LogP contribution in [0.15, 0.2) is 97.1 Å². The van der Waals surface area contributed by atoms with Crippen LogP contribution in [0.5, 0.6) is 0 Å². The molecule has 0 unspecified atom stereocenters. The zero-order chi connectivity index (χ0) is 27.9. The molecule has 4 aromatic carbocycles. The number of carbonyl (C=O) groups excluding carboxylic acids is 3. The average molecular weight is 525 g/mol. The Morgan fingerprint density at radius 2 is 1.33 bits per heavy atom. The molecule has 0 radical (unpaired) electrons. The van der Waals surface area contributed by atoms with E-state index in [1.165, 1.54) is 24.3 Å². The molecule has 1 amide bonds. The number of non-ortho nitro benzene ring substituents is 1. The molecule has 0 aromatic heterocycles. The van der Waals surface area contributed by atoms with E-state index in [1.807, 2.05) is 42.5 Å². The molecule has 0 spiro atoms. The number of rotatable bonds is 9. The fourth-order valence-corrected chi connectivity index (χ4v) is 3.64. The summed E-state index contributed by atoms with van der Waals surface area (Å²) < 4.78 is 5.12. The van der Waals surface area contributed by atoms with Gasteiger partial charge in [-0.15, -0.1) is 0 Å². The number of hydrogen-bond acceptors (Lipinski definition) is 8. The largest absolute Gasteiger partial charge is 0.454 e. The van der Waals surface area contributed by atoms with Crippen molar-refractivity contribution >= 4 is 34.7 Å². The summed E-state index contributed by atoms with van der Waals surface area (Å²) in [5.41, 5.74) is 1.05. The lowest BCUT2D eigenvalue weighted by atomic mass is 10.0. The first-order valence-corrected chi connectivity index (χ1v) is 11.4. The number of nitro groups is 2. The summed E-state index contributed by atoms with van der Waals surface area (Å²) in [6.07, 6.45) is 0. The minimum Gasteiger partial charge on any atom is -0.454 e. The number of ketones is 1. The van der Waals surface area contributed by atoms with Gasteiger partial charge in [0.05, 0.1) is 21.5 Å². The van der Waals surface area contributed by atoms with E-state index in [-0.39, 0.29) is 22.6 Å². The third-order valence-electron chi connectivity index (χ3n) is 5.66. The Kier molecular flexibility index (Phi) is 7.81. The molecule has 4 rings (SSSR count). The fraction of sp³-hybridized carbons (Fsp3) is 0.0357. The van der Waals surface area contributed by atoms with Gasteiger partial charge < -0.3 is 10.1 Å². The van der Waals surface area contributed by atoms with Crippen molar-refractivity contribution in [2.75, 3.05) is 11.9 Å². The van der Waals surface area contributed by atoms with Crippen molar-refractivity contribution < 1.29 is 29.0 Å². The van der Waals surface area contributed by atoms with E-state index in [1.54, 1.807) is 12.1 Å². The number of anilines is 1. The van der Waals surface area contributed by atoms with Crippen LogP contribution in [0.2, 0.25) is 0 Å². The molecule has 11 nitrogen and oxygen atoms in total. The number of benzene rings is 4. The van der Waals surface area contributed by atoms with Gasteiger partial charge in [-0.1, -0.05) is 54.6 Å². The smallest absolute Gasteiger partial charge is 0.338 e. The summed E-state index contributed by atoms with van der Waals surface area (Å²) in [6, 6.07) is 24.7. The molecular formula is C28H19N3O8. The topological polar surface area (TPSA) is 159 Å². The monoisotopic (exact) mass is 525 g/mol. The summed E-state index contributed by atoms with van der Waals surface area (Å²) in [5.74, 6) is -2.00. The molecule has 0 saturated carbocycles. The third-order valence-corrected chi connectivity index (χ3v) is 5.66. The van der Waals surface area contributed by atoms with Crippen molar-refractivity contribution in [1.29, 1.82) is 0 Å². The predicted molar refractivity (Wildman–Crippen MR) is 141 cm³/mol. The Labute approximate surface area is 221 Å². The Bertz CT molecular complexity index is 1570. The van der Waals surface area contributed by atoms with Crippen molar-refractivity contribution in [3.05, 3.63) is 134 Å². The standard InChI is InChI=1S/C28H19N3O8/c32-26(20-8-6-19(7-9-20)18-4-2-1-3-5-18)17-39-28(34)21-10-12-22(13-11-21)29-27(33)24-15-14-23(30(35)36)16-25(24)31(37)38/h1-16H,17H2,(H,29,33). The Morgan fingerprint density at radius 3 is 1.95 bits per heavy atom. The van der Waals surface area contributed by atoms with E-state index in [9.17, 15) is 34.6 Å². The molecule has 194 valence electrons. The van der Waals surface area contributed by atoms with Crippen molar-refractivity contribution in [3.63, 3.8) is 0 Å². The van der Waals surface area contributed by atoms with E-state index in [0.29, 0.717) is 11.6 Å². The lowest BCUT2D eigenvalue weighted by Crippen LogP contribution is -2.15. The van der Waals surface area contributed by atoms with Gasteiger partial charge in [-0.05, 0) is 41.5 Å². The van der Waals surface area contributed by atoms with Crippen molar-refractivity contribution in [1.82, 2.24) is 0 Å². The lowest BCUT2D eigenvalue weighted by Gasteiger charge is -2.08. The molecule has 4 aromatic rings. The first-order chi connectivity index (χ1) is 18.7. The first-order valence-electron chi connectivity index (χ1n) is 11.4. The quantitative estimate of drug-likeness (QED) is 0.130. The first kappa shape index (κ1) is 26.4. The molecule has 0 fully saturated rings. The van der Waals surface area contributed by atoms with Gasteiger partial charge in [0.1, 0.15) is 5.56 Å². The van der Waals surface area contributed by atoms with Gasteiger partial charge in [-0.3, -0.25) is 29.8 Å². The van der Waals surface area contributed by atoms with Crippen LogP contribution in [0.25, 0.3) is 11.1 Å². The molecule has 0 aliphatic carbocycles. The number of carbonyl (C=O) groups is 3. The Morgan fingerprint density at radius 1 is 0.718 bits per heavy atom. The maximum atomic E-state index is 12.5. The average Bonchev–Trinajstić information content (AvgIpc) is 2.96. The van der Waals surface area contributed by atoms with Gasteiger partial charge in [-0.25, -0.2) is 4.79 Å². The van der Waals surface area contributed by atoms with E-state index in [4.69, 9.17) is 4.74 Å². The molecule has 0 atom stereocenters. The number of nitrogens with one attached hydrogen (secondary N) is 1. The van der Waals surface area contributed by atoms with Crippen molar-refractivity contribution in [3.8, 4) is 11.1 Å². The molecule has 0 aliphatic heterocycles. The van der Waals surface area contributed by atoms with Crippen LogP contribution in [-0.4, -0.2) is 34.1 Å². The second kappa shape index (κ2) is 11.6. The highest BCUT2D eigenvalue weighted by molar-refractivity contribution is 6.07. The number of nitro benzene ring substituents is 2. The molecule has 11 heteroatoms. The molecule has 0 aliphatic rings. The van der Waals surface area contributed by atoms with Crippen LogP contribution in [-0.2, 0) is 4.74 Å². The van der Waals surface area contributed by atoms with Crippen LogP contribution in [0.4, 0.5) is 17.1 Å². The van der Waals surface area contributed by atoms with E-state index in [2.05, 4.69) is 5.32 Å². The van der Waals surface area contributed by atoms with Crippen molar-refractivity contribution in [2.45, 2.75) is 0 Å². The van der Waals surface area contributed by atoms with E-state index >= 15 is 0 Å². The molecular weight excluding hydrogens is 506 g/mol. The SMILES string of the molecule is O=C(COC(=O)c1ccc(NC(=O)c2ccc([N+](=O)[O-])cc2[N+](=O)[O-])cc1)c1ccc(-c2ccccc2)cc1. The third kappa shape index (κ3) is 6.35. The maximum Gasteiger partial charge on any atom is 0.338 e. The van der Waals surface area contributed by atoms with Gasteiger partial charge in [-0.2, -0.15) is 0 Å². The van der Waals surface area contributed by atoms with E-state index < -0.39 is 39.7 Å². The minimum absolute atomic E-state index is 0.113. The summed E-state index contributed by atoms with van der Waals surface area (Å²) in [6.45, 7) is -0.466. The minimum atomic E-state index is -0.889. The van der Waals surface area contributed by atoms with Gasteiger partial charge in [0, 0.05) is 17.3 Å². The van der Waals surface area contributed by atoms with Crippen molar-refractivity contribution in [2.24, 2.45) is 0 Å². The van der Waals surface area contributed by atoms with Gasteiger partial charge in [0.2, 0.25) is 0 Å². The highest BCUT2D eigenvalue weighted by Gasteiger charge is 2.24. The number of amides is 1. The van der Waals surface area contributed by atoms with Crippen LogP contribution in [0.3, 0.4) is 0 Å². The number of ether oxygens (including phenoxy) is 1. The summed E-state index contributed by atoms with van der Waals surface area (Å²) >= 11 is 0. The van der Waals surface area contributed by atoms with Crippen LogP contribution >= 0.6 is 0 Å². The lowest BCUT2D eigenvalue weighted by molar-refractivity contribution is -0.394. The van der Waals surface area contributed by atoms with Crippen LogP contribution in [0, 0.1) is 20.2 Å². The highest BCUT2D eigenvalue weighted by atomic mass is 16.6. The van der Waals surface area contributed by atoms with Gasteiger partial charge >= 0.3 is 5.97 Å². The molecule has 0 heterocycles. The van der Waals surface area contributed by atoms with Gasteiger partial charge in [0.25, 0.3) is 17.3 Å². The molecule has 1 N–H and O–H groups in total. The summed E-state index contributed by atoms with van der Waals surface area (Å²) in [5, 5.41) is 24.6. The molecule has 39 heavy (non-hydrogen) atoms. The predicted octanol–water partition coefficient (Wildman–Crippen LogP) is 5.46. The Hall–Kier alpha value is -5.71. The normalized spacial score (nSPS) is 10.4. The zero-order valence-corrected chi connectivity index (χ0v) is 20.1. The number of nitrogens with zero attached hydrogens (tertiary/aromatic N) is 2. The summed E-state index contributed by atoms with van der Waals surface area (Å²) in [7, 11) is 0. The second-order valence-corrected chi connectivity index (χ2v) is 8.19. The fourth-order valence-electron chi connectivity index (χ4n) is 3.64. The number of esters is 1. The maximum absolute atomic E-state index is 12.5. The molecule has 0 saturated heterocycles. The highest BCUT2D eigenvalue weighted by Crippen LogP contribution is 2.26. The van der Waals surface area contributed by atoms with E-state index in [0.717, 1.165) is 23.3 Å². The number of Topliss-reactive ketones (excluding diaryl/α,β-unsaturated/α-hetero) is 1. The zero-order valence-electron chi connectivity index (χ0n) is 20.1. The molecule has 0 bridgehead atoms. The van der Waals surface area contributed by atoms with Crippen LogP contribution < -0.4 is 5.32 Å². The Balaban J connectivity index is 1.35.